The smallest absolute Gasteiger partial charge is 0.156 e. The van der Waals surface area contributed by atoms with Crippen LogP contribution < -0.4 is 5.32 Å². The Morgan fingerprint density at radius 2 is 1.89 bits per heavy atom. The highest BCUT2D eigenvalue weighted by molar-refractivity contribution is 5.93. The predicted molar refractivity (Wildman–Crippen MR) is 108 cm³/mol. The Balaban J connectivity index is 1.68. The minimum atomic E-state index is 0.539. The van der Waals surface area contributed by atoms with Crippen molar-refractivity contribution in [3.8, 4) is 11.3 Å². The number of rotatable bonds is 2. The van der Waals surface area contributed by atoms with Gasteiger partial charge in [0.2, 0.25) is 0 Å². The Bertz CT molecular complexity index is 1140. The molecule has 0 unspecified atom stereocenters. The van der Waals surface area contributed by atoms with E-state index in [9.17, 15) is 0 Å². The summed E-state index contributed by atoms with van der Waals surface area (Å²) in [4.78, 5) is 9.66. The van der Waals surface area contributed by atoms with Crippen LogP contribution in [0.4, 0.5) is 0 Å². The van der Waals surface area contributed by atoms with E-state index in [4.69, 9.17) is 10.1 Å². The van der Waals surface area contributed by atoms with Crippen LogP contribution in [0.2, 0.25) is 0 Å². The lowest BCUT2D eigenvalue weighted by molar-refractivity contribution is 0.454. The summed E-state index contributed by atoms with van der Waals surface area (Å²) in [5.74, 6) is 0.539. The van der Waals surface area contributed by atoms with Crippen LogP contribution in [0.5, 0.6) is 0 Å². The van der Waals surface area contributed by atoms with Crippen LogP contribution in [0.3, 0.4) is 0 Å². The summed E-state index contributed by atoms with van der Waals surface area (Å²) < 4.78 is 1.88. The molecule has 0 radical (unpaired) electrons. The van der Waals surface area contributed by atoms with Gasteiger partial charge in [0, 0.05) is 22.6 Å². The fraction of sp³-hybridized carbons (Fsp3) is 0.318. The first-order valence-corrected chi connectivity index (χ1v) is 9.63. The third-order valence-corrected chi connectivity index (χ3v) is 5.50. The summed E-state index contributed by atoms with van der Waals surface area (Å²) in [5.41, 5.74) is 7.29. The normalized spacial score (nSPS) is 15.6. The average molecular weight is 357 g/mol. The maximum absolute atomic E-state index is 5.10. The van der Waals surface area contributed by atoms with Crippen LogP contribution in [-0.2, 0) is 0 Å². The minimum absolute atomic E-state index is 0.539. The molecular formula is C22H23N5. The van der Waals surface area contributed by atoms with E-state index in [1.165, 1.54) is 5.69 Å². The first kappa shape index (κ1) is 16.4. The van der Waals surface area contributed by atoms with Crippen LogP contribution in [0.1, 0.15) is 35.7 Å². The predicted octanol–water partition coefficient (Wildman–Crippen LogP) is 4.03. The van der Waals surface area contributed by atoms with Gasteiger partial charge in [-0.05, 0) is 57.5 Å². The van der Waals surface area contributed by atoms with Crippen molar-refractivity contribution in [3.63, 3.8) is 0 Å². The number of aryl methyl sites for hydroxylation is 2. The van der Waals surface area contributed by atoms with Crippen molar-refractivity contribution >= 4 is 16.6 Å². The summed E-state index contributed by atoms with van der Waals surface area (Å²) in [6.07, 6.45) is 4.28. The molecule has 0 aliphatic carbocycles. The second kappa shape index (κ2) is 6.43. The fourth-order valence-electron chi connectivity index (χ4n) is 4.09. The number of fused-ring (bicyclic) bond motifs is 2. The van der Waals surface area contributed by atoms with E-state index in [-0.39, 0.29) is 0 Å². The van der Waals surface area contributed by atoms with Gasteiger partial charge in [0.05, 0.1) is 23.1 Å². The van der Waals surface area contributed by atoms with E-state index in [0.29, 0.717) is 5.92 Å². The molecule has 0 saturated carbocycles. The largest absolute Gasteiger partial charge is 0.317 e. The minimum Gasteiger partial charge on any atom is -0.317 e. The lowest BCUT2D eigenvalue weighted by atomic mass is 9.93. The molecular weight excluding hydrogens is 334 g/mol. The van der Waals surface area contributed by atoms with Gasteiger partial charge in [-0.1, -0.05) is 24.3 Å². The molecule has 3 aromatic heterocycles. The molecule has 0 spiro atoms. The van der Waals surface area contributed by atoms with Crippen molar-refractivity contribution < 1.29 is 0 Å². The molecule has 5 nitrogen and oxygen atoms in total. The van der Waals surface area contributed by atoms with Gasteiger partial charge in [-0.3, -0.25) is 4.98 Å². The molecule has 1 aliphatic heterocycles. The molecule has 1 fully saturated rings. The van der Waals surface area contributed by atoms with Crippen molar-refractivity contribution in [2.75, 3.05) is 13.1 Å². The van der Waals surface area contributed by atoms with E-state index >= 15 is 0 Å². The molecule has 1 aromatic carbocycles. The highest BCUT2D eigenvalue weighted by Crippen LogP contribution is 2.30. The molecule has 1 saturated heterocycles. The van der Waals surface area contributed by atoms with Gasteiger partial charge in [-0.2, -0.15) is 5.10 Å². The number of hydrogen-bond donors (Lipinski definition) is 1. The molecule has 1 aliphatic rings. The lowest BCUT2D eigenvalue weighted by Crippen LogP contribution is -2.27. The zero-order valence-electron chi connectivity index (χ0n) is 15.7. The molecule has 4 heterocycles. The third kappa shape index (κ3) is 2.88. The molecule has 5 heteroatoms. The highest BCUT2D eigenvalue weighted by atomic mass is 15.2. The SMILES string of the molecule is Cc1cn2nc(-c3cccc4ccc(C5CCNCC5)nc34)cc(C)c2n1. The quantitative estimate of drug-likeness (QED) is 0.588. The van der Waals surface area contributed by atoms with Crippen molar-refractivity contribution in [2.24, 2.45) is 0 Å². The van der Waals surface area contributed by atoms with Gasteiger partial charge in [-0.15, -0.1) is 0 Å². The van der Waals surface area contributed by atoms with E-state index in [2.05, 4.69) is 53.6 Å². The van der Waals surface area contributed by atoms with Gasteiger partial charge in [0.15, 0.2) is 5.65 Å². The van der Waals surface area contributed by atoms with Gasteiger partial charge in [0.25, 0.3) is 0 Å². The molecule has 0 atom stereocenters. The van der Waals surface area contributed by atoms with Crippen LogP contribution in [0.25, 0.3) is 27.8 Å². The Morgan fingerprint density at radius 1 is 1.04 bits per heavy atom. The van der Waals surface area contributed by atoms with Crippen LogP contribution in [0, 0.1) is 13.8 Å². The van der Waals surface area contributed by atoms with E-state index in [1.54, 1.807) is 0 Å². The maximum atomic E-state index is 5.10. The van der Waals surface area contributed by atoms with E-state index in [1.807, 2.05) is 17.6 Å². The monoisotopic (exact) mass is 357 g/mol. The zero-order chi connectivity index (χ0) is 18.4. The third-order valence-electron chi connectivity index (χ3n) is 5.50. The van der Waals surface area contributed by atoms with E-state index in [0.717, 1.165) is 65.0 Å². The summed E-state index contributed by atoms with van der Waals surface area (Å²) in [7, 11) is 0. The topological polar surface area (TPSA) is 55.1 Å². The van der Waals surface area contributed by atoms with Gasteiger partial charge < -0.3 is 5.32 Å². The first-order valence-electron chi connectivity index (χ1n) is 9.63. The number of nitrogens with one attached hydrogen (secondary N) is 1. The van der Waals surface area contributed by atoms with Crippen molar-refractivity contribution in [1.29, 1.82) is 0 Å². The highest BCUT2D eigenvalue weighted by Gasteiger charge is 2.18. The van der Waals surface area contributed by atoms with Gasteiger partial charge >= 0.3 is 0 Å². The van der Waals surface area contributed by atoms with Gasteiger partial charge in [-0.25, -0.2) is 9.50 Å². The standard InChI is InChI=1S/C22H23N5/c1-14-12-20(26-27-13-15(2)24-22(14)27)18-5-3-4-17-6-7-19(25-21(17)18)16-8-10-23-11-9-16/h3-7,12-13,16,23H,8-11H2,1-2H3. The average Bonchev–Trinajstić information content (AvgIpc) is 3.08. The van der Waals surface area contributed by atoms with Crippen molar-refractivity contribution in [1.82, 2.24) is 24.9 Å². The van der Waals surface area contributed by atoms with Crippen molar-refractivity contribution in [3.05, 3.63) is 59.5 Å². The summed E-state index contributed by atoms with van der Waals surface area (Å²) in [6.45, 7) is 6.23. The van der Waals surface area contributed by atoms with E-state index < -0.39 is 0 Å². The molecule has 4 aromatic rings. The number of nitrogens with zero attached hydrogens (tertiary/aromatic N) is 4. The summed E-state index contributed by atoms with van der Waals surface area (Å²) in [5, 5.41) is 9.42. The number of pyridine rings is 1. The number of aromatic nitrogens is 4. The second-order valence-corrected chi connectivity index (χ2v) is 7.50. The number of para-hydroxylation sites is 1. The van der Waals surface area contributed by atoms with Crippen LogP contribution in [0.15, 0.2) is 42.6 Å². The molecule has 27 heavy (non-hydrogen) atoms. The van der Waals surface area contributed by atoms with Gasteiger partial charge in [0.1, 0.15) is 0 Å². The zero-order valence-corrected chi connectivity index (χ0v) is 15.7. The fourth-order valence-corrected chi connectivity index (χ4v) is 4.09. The summed E-state index contributed by atoms with van der Waals surface area (Å²) >= 11 is 0. The Hall–Kier alpha value is -2.79. The number of hydrogen-bond acceptors (Lipinski definition) is 4. The second-order valence-electron chi connectivity index (χ2n) is 7.50. The first-order chi connectivity index (χ1) is 13.2. The Labute approximate surface area is 158 Å². The number of imidazole rings is 1. The Kier molecular flexibility index (Phi) is 3.90. The molecule has 0 bridgehead atoms. The van der Waals surface area contributed by atoms with Crippen molar-refractivity contribution in [2.45, 2.75) is 32.6 Å². The van der Waals surface area contributed by atoms with Crippen LogP contribution >= 0.6 is 0 Å². The lowest BCUT2D eigenvalue weighted by Gasteiger charge is -2.22. The molecule has 5 rings (SSSR count). The number of benzene rings is 1. The molecule has 1 N–H and O–H groups in total. The molecule has 136 valence electrons. The molecule has 0 amide bonds. The maximum Gasteiger partial charge on any atom is 0.156 e. The summed E-state index contributed by atoms with van der Waals surface area (Å²) in [6, 6.07) is 12.9. The van der Waals surface area contributed by atoms with Crippen LogP contribution in [-0.4, -0.2) is 32.7 Å². The Morgan fingerprint density at radius 3 is 2.74 bits per heavy atom. The number of piperidine rings is 1.